The van der Waals surface area contributed by atoms with Crippen LogP contribution in [-0.2, 0) is 14.8 Å². The number of anilines is 2. The van der Waals surface area contributed by atoms with Gasteiger partial charge in [-0.15, -0.1) is 0 Å². The lowest BCUT2D eigenvalue weighted by Gasteiger charge is -2.50. The maximum absolute atomic E-state index is 14.4. The number of nitro groups is 1. The number of H-pyrrole nitrogens is 1. The van der Waals surface area contributed by atoms with E-state index in [-0.39, 0.29) is 33.0 Å². The highest BCUT2D eigenvalue weighted by atomic mass is 32.2. The van der Waals surface area contributed by atoms with Crippen molar-refractivity contribution in [1.82, 2.24) is 14.7 Å². The van der Waals surface area contributed by atoms with E-state index >= 15 is 0 Å². The number of pyridine rings is 1. The zero-order valence-corrected chi connectivity index (χ0v) is 36.1. The molecule has 3 aromatic carbocycles. The standard InChI is InChI=1S/C46H53N7O8S/c1-31-4-6-33(7-5-31)40-27-46(2,3)16-12-35(40)30-53(57)20-18-51(19-21-53)36-8-10-39(43(25-36)61-37-24-34-13-17-47-44(34)49-29-37)45(54)50-62(58,59)38-9-11-41(42(26-38)52(55)56)48-28-32-14-22-60-23-15-32/h4-11,13,17,24-26,29,32,48H,12,14-16,18-23,27-28,30H2,1-3H3,(H,47,49)(H,50,54). The van der Waals surface area contributed by atoms with Crippen LogP contribution in [0.1, 0.15) is 67.4 Å². The lowest BCUT2D eigenvalue weighted by atomic mass is 9.72. The summed E-state index contributed by atoms with van der Waals surface area (Å²) in [6.07, 6.45) is 7.71. The fourth-order valence-corrected chi connectivity index (χ4v) is 9.65. The maximum Gasteiger partial charge on any atom is 0.293 e. The van der Waals surface area contributed by atoms with Crippen molar-refractivity contribution >= 4 is 49.6 Å². The molecule has 2 aliphatic heterocycles. The first-order valence-electron chi connectivity index (χ1n) is 21.2. The number of aromatic nitrogens is 2. The zero-order valence-electron chi connectivity index (χ0n) is 35.3. The minimum Gasteiger partial charge on any atom is -0.632 e. The fraction of sp³-hybridized carbons (Fsp3) is 0.391. The normalized spacial score (nSPS) is 18.1. The van der Waals surface area contributed by atoms with Crippen molar-refractivity contribution in [3.63, 3.8) is 0 Å². The highest BCUT2D eigenvalue weighted by Crippen LogP contribution is 2.44. The SMILES string of the molecule is Cc1ccc(C2=C(C[N+]3([O-])CCN(c4ccc(C(=O)NS(=O)(=O)c5ccc(NCC6CCOCC6)c([N+](=O)[O-])c5)c(Oc5cnc6[nH]ccc6c5)c4)CC3)CCC(C)(C)C2)cc1. The fourth-order valence-electron chi connectivity index (χ4n) is 8.66. The number of sulfonamides is 1. The minimum absolute atomic E-state index is 0.0664. The molecule has 0 radical (unpaired) electrons. The number of quaternary nitrogens is 1. The number of aryl methyl sites for hydroxylation is 1. The second-order valence-electron chi connectivity index (χ2n) is 17.6. The molecule has 0 atom stereocenters. The molecule has 4 heterocycles. The Morgan fingerprint density at radius 2 is 1.81 bits per heavy atom. The lowest BCUT2D eigenvalue weighted by molar-refractivity contribution is -0.876. The topological polar surface area (TPSA) is 192 Å². The van der Waals surface area contributed by atoms with Crippen LogP contribution in [0, 0.1) is 33.6 Å². The Bertz CT molecular complexity index is 2610. The van der Waals surface area contributed by atoms with E-state index in [1.54, 1.807) is 24.4 Å². The number of hydrogen-bond acceptors (Lipinski definition) is 11. The molecule has 0 saturated carbocycles. The summed E-state index contributed by atoms with van der Waals surface area (Å²) < 4.78 is 40.8. The Balaban J connectivity index is 1.02. The van der Waals surface area contributed by atoms with E-state index in [0.717, 1.165) is 43.6 Å². The highest BCUT2D eigenvalue weighted by Gasteiger charge is 2.34. The molecule has 2 aromatic heterocycles. The first-order chi connectivity index (χ1) is 29.6. The van der Waals surface area contributed by atoms with Crippen LogP contribution in [0.4, 0.5) is 17.1 Å². The van der Waals surface area contributed by atoms with Gasteiger partial charge in [-0.25, -0.2) is 18.1 Å². The van der Waals surface area contributed by atoms with Crippen molar-refractivity contribution in [1.29, 1.82) is 0 Å². The van der Waals surface area contributed by atoms with Gasteiger partial charge in [-0.2, -0.15) is 0 Å². The Morgan fingerprint density at radius 3 is 2.55 bits per heavy atom. The average molecular weight is 864 g/mol. The van der Waals surface area contributed by atoms with Crippen LogP contribution in [0.15, 0.2) is 95.7 Å². The van der Waals surface area contributed by atoms with Crippen LogP contribution in [0.5, 0.6) is 11.5 Å². The van der Waals surface area contributed by atoms with E-state index in [9.17, 15) is 28.5 Å². The Kier molecular flexibility index (Phi) is 12.1. The van der Waals surface area contributed by atoms with Gasteiger partial charge in [-0.3, -0.25) is 14.9 Å². The summed E-state index contributed by atoms with van der Waals surface area (Å²) in [5.74, 6) is -0.349. The van der Waals surface area contributed by atoms with Crippen LogP contribution in [0.3, 0.4) is 0 Å². The van der Waals surface area contributed by atoms with Crippen molar-refractivity contribution < 1.29 is 32.3 Å². The third kappa shape index (κ3) is 9.78. The van der Waals surface area contributed by atoms with Crippen LogP contribution in [-0.4, -0.2) is 86.3 Å². The first kappa shape index (κ1) is 42.9. The van der Waals surface area contributed by atoms with E-state index in [1.165, 1.54) is 46.7 Å². The number of fused-ring (bicyclic) bond motifs is 1. The van der Waals surface area contributed by atoms with Gasteiger partial charge in [0.2, 0.25) is 0 Å². The largest absolute Gasteiger partial charge is 0.632 e. The molecule has 5 aromatic rings. The van der Waals surface area contributed by atoms with Gasteiger partial charge in [-0.1, -0.05) is 43.7 Å². The van der Waals surface area contributed by atoms with Crippen molar-refractivity contribution in [2.75, 3.05) is 62.7 Å². The predicted molar refractivity (Wildman–Crippen MR) is 239 cm³/mol. The number of rotatable bonds is 13. The molecule has 326 valence electrons. The molecule has 0 spiro atoms. The van der Waals surface area contributed by atoms with Crippen LogP contribution in [0.25, 0.3) is 16.6 Å². The predicted octanol–water partition coefficient (Wildman–Crippen LogP) is 8.33. The molecule has 16 heteroatoms. The molecule has 2 saturated heterocycles. The second-order valence-corrected chi connectivity index (χ2v) is 19.3. The average Bonchev–Trinajstić information content (AvgIpc) is 3.72. The number of aromatic amines is 1. The number of nitrogens with zero attached hydrogens (tertiary/aromatic N) is 4. The van der Waals surface area contributed by atoms with Crippen molar-refractivity contribution in [3.8, 4) is 11.5 Å². The summed E-state index contributed by atoms with van der Waals surface area (Å²) in [6, 6.07) is 20.5. The molecule has 0 unspecified atom stereocenters. The number of hydrogen-bond donors (Lipinski definition) is 3. The second kappa shape index (κ2) is 17.5. The number of allylic oxidation sites excluding steroid dienone is 1. The molecule has 1 amide bonds. The Morgan fingerprint density at radius 1 is 1.05 bits per heavy atom. The van der Waals surface area contributed by atoms with Gasteiger partial charge in [0.05, 0.1) is 47.8 Å². The summed E-state index contributed by atoms with van der Waals surface area (Å²) >= 11 is 0. The van der Waals surface area contributed by atoms with Gasteiger partial charge in [0.25, 0.3) is 21.6 Å². The Hall–Kier alpha value is -5.81. The van der Waals surface area contributed by atoms with Crippen molar-refractivity contribution in [2.45, 2.75) is 57.8 Å². The number of benzene rings is 3. The molecule has 3 N–H and O–H groups in total. The van der Waals surface area contributed by atoms with Crippen LogP contribution < -0.4 is 19.7 Å². The summed E-state index contributed by atoms with van der Waals surface area (Å²) in [6.45, 7) is 10.4. The van der Waals surface area contributed by atoms with E-state index in [0.29, 0.717) is 69.6 Å². The van der Waals surface area contributed by atoms with E-state index in [1.807, 2.05) is 6.07 Å². The maximum atomic E-state index is 14.4. The molecule has 1 aliphatic carbocycles. The van der Waals surface area contributed by atoms with Gasteiger partial charge in [0.1, 0.15) is 29.4 Å². The quantitative estimate of drug-likeness (QED) is 0.0446. The summed E-state index contributed by atoms with van der Waals surface area (Å²) in [7, 11) is -4.58. The molecule has 15 nitrogen and oxygen atoms in total. The lowest BCUT2D eigenvalue weighted by Crippen LogP contribution is -2.57. The summed E-state index contributed by atoms with van der Waals surface area (Å²) in [4.78, 5) is 34.4. The minimum atomic E-state index is -4.58. The smallest absolute Gasteiger partial charge is 0.293 e. The Labute approximate surface area is 361 Å². The van der Waals surface area contributed by atoms with Crippen LogP contribution in [0.2, 0.25) is 0 Å². The molecular formula is C46H53N7O8S. The molecular weight excluding hydrogens is 811 g/mol. The summed E-state index contributed by atoms with van der Waals surface area (Å²) in [5, 5.41) is 30.3. The number of ether oxygens (including phenoxy) is 2. The van der Waals surface area contributed by atoms with E-state index in [2.05, 4.69) is 69.9 Å². The van der Waals surface area contributed by atoms with E-state index in [4.69, 9.17) is 9.47 Å². The third-order valence-corrected chi connectivity index (χ3v) is 13.8. The van der Waals surface area contributed by atoms with Gasteiger partial charge < -0.3 is 34.5 Å². The molecule has 62 heavy (non-hydrogen) atoms. The van der Waals surface area contributed by atoms with Crippen LogP contribution >= 0.6 is 0 Å². The number of piperazine rings is 1. The highest BCUT2D eigenvalue weighted by molar-refractivity contribution is 7.90. The van der Waals surface area contributed by atoms with Crippen molar-refractivity contribution in [3.05, 3.63) is 123 Å². The first-order valence-corrected chi connectivity index (χ1v) is 22.6. The van der Waals surface area contributed by atoms with E-state index < -0.39 is 31.4 Å². The number of amides is 1. The van der Waals surface area contributed by atoms with Gasteiger partial charge in [0.15, 0.2) is 0 Å². The van der Waals surface area contributed by atoms with Gasteiger partial charge in [0, 0.05) is 49.2 Å². The molecule has 8 rings (SSSR count). The number of carbonyl (C=O) groups excluding carboxylic acids is 1. The van der Waals surface area contributed by atoms with Gasteiger partial charge in [-0.05, 0) is 103 Å². The molecule has 3 aliphatic rings. The summed E-state index contributed by atoms with van der Waals surface area (Å²) in [5.41, 5.74) is 6.06. The number of carbonyl (C=O) groups is 1. The number of nitro benzene ring substituents is 1. The zero-order chi connectivity index (χ0) is 43.6. The molecule has 0 bridgehead atoms. The number of nitrogens with one attached hydrogen (secondary N) is 3. The molecule has 2 fully saturated rings. The van der Waals surface area contributed by atoms with Crippen molar-refractivity contribution in [2.24, 2.45) is 11.3 Å². The monoisotopic (exact) mass is 863 g/mol. The van der Waals surface area contributed by atoms with Gasteiger partial charge >= 0.3 is 0 Å². The third-order valence-electron chi connectivity index (χ3n) is 12.4. The number of hydroxylamine groups is 3.